The van der Waals surface area contributed by atoms with Crippen LogP contribution in [-0.4, -0.2) is 75.4 Å². The van der Waals surface area contributed by atoms with Gasteiger partial charge in [-0.25, -0.2) is 0 Å². The minimum atomic E-state index is -4.51. The molecule has 33 heavy (non-hydrogen) atoms. The zero-order valence-electron chi connectivity index (χ0n) is 18.8. The van der Waals surface area contributed by atoms with Crippen LogP contribution in [0.3, 0.4) is 0 Å². The van der Waals surface area contributed by atoms with Crippen molar-refractivity contribution in [3.8, 4) is 5.75 Å². The fraction of sp³-hybridized carbons (Fsp3) is 0.458. The van der Waals surface area contributed by atoms with Gasteiger partial charge in [0.05, 0.1) is 32.0 Å². The maximum absolute atomic E-state index is 13.1. The average Bonchev–Trinajstić information content (AvgIpc) is 2.81. The number of hydrogen-bond acceptors (Lipinski definition) is 5. The molecule has 9 heteroatoms. The van der Waals surface area contributed by atoms with Gasteiger partial charge in [-0.3, -0.25) is 9.69 Å². The second-order valence-corrected chi connectivity index (χ2v) is 7.90. The molecule has 0 spiro atoms. The van der Waals surface area contributed by atoms with Gasteiger partial charge in [0, 0.05) is 45.4 Å². The summed E-state index contributed by atoms with van der Waals surface area (Å²) in [7, 11) is 3.14. The molecule has 1 aliphatic rings. The van der Waals surface area contributed by atoms with E-state index in [1.54, 1.807) is 7.11 Å². The molecule has 2 aromatic carbocycles. The predicted molar refractivity (Wildman–Crippen MR) is 117 cm³/mol. The predicted octanol–water partition coefficient (Wildman–Crippen LogP) is 3.70. The summed E-state index contributed by atoms with van der Waals surface area (Å²) in [4.78, 5) is 16.8. The largest absolute Gasteiger partial charge is 0.497 e. The second-order valence-electron chi connectivity index (χ2n) is 7.90. The molecule has 1 saturated heterocycles. The Balaban J connectivity index is 1.66. The van der Waals surface area contributed by atoms with Gasteiger partial charge < -0.3 is 19.1 Å². The number of halogens is 3. The zero-order chi connectivity index (χ0) is 23.8. The molecule has 6 nitrogen and oxygen atoms in total. The van der Waals surface area contributed by atoms with Gasteiger partial charge in [-0.1, -0.05) is 18.2 Å². The first-order chi connectivity index (χ1) is 15.8. The first-order valence-corrected chi connectivity index (χ1v) is 10.7. The van der Waals surface area contributed by atoms with E-state index in [4.69, 9.17) is 14.2 Å². The Hall–Kier alpha value is -2.62. The van der Waals surface area contributed by atoms with E-state index in [9.17, 15) is 18.0 Å². The van der Waals surface area contributed by atoms with Crippen molar-refractivity contribution in [3.63, 3.8) is 0 Å². The normalized spacial score (nSPS) is 17.1. The molecule has 0 aliphatic carbocycles. The number of hydrogen-bond donors (Lipinski definition) is 0. The lowest BCUT2D eigenvalue weighted by Gasteiger charge is -2.36. The highest BCUT2D eigenvalue weighted by molar-refractivity contribution is 5.94. The number of carbonyl (C=O) groups is 1. The van der Waals surface area contributed by atoms with E-state index < -0.39 is 17.6 Å². The van der Waals surface area contributed by atoms with Gasteiger partial charge in [-0.05, 0) is 35.9 Å². The standard InChI is InChI=1S/C24H29F3N2O4/c1-31-12-11-29(23(30)19-4-3-5-20(14-19)24(25,26)27)17-22-16-28(10-13-33-22)15-18-6-8-21(32-2)9-7-18/h3-9,14,22H,10-13,15-17H2,1-2H3. The molecule has 0 radical (unpaired) electrons. The molecule has 0 aromatic heterocycles. The molecule has 1 heterocycles. The van der Waals surface area contributed by atoms with Crippen molar-refractivity contribution < 1.29 is 32.2 Å². The quantitative estimate of drug-likeness (QED) is 0.564. The lowest BCUT2D eigenvalue weighted by Crippen LogP contribution is -2.49. The highest BCUT2D eigenvalue weighted by Crippen LogP contribution is 2.29. The Morgan fingerprint density at radius 1 is 1.18 bits per heavy atom. The van der Waals surface area contributed by atoms with Crippen LogP contribution in [0.25, 0.3) is 0 Å². The van der Waals surface area contributed by atoms with Gasteiger partial charge >= 0.3 is 6.18 Å². The fourth-order valence-corrected chi connectivity index (χ4v) is 3.76. The van der Waals surface area contributed by atoms with Gasteiger partial charge in [0.25, 0.3) is 5.91 Å². The van der Waals surface area contributed by atoms with Gasteiger partial charge in [-0.2, -0.15) is 13.2 Å². The summed E-state index contributed by atoms with van der Waals surface area (Å²) in [6.07, 6.45) is -4.77. The van der Waals surface area contributed by atoms with Crippen molar-refractivity contribution in [1.29, 1.82) is 0 Å². The average molecular weight is 467 g/mol. The number of benzene rings is 2. The molecule has 0 bridgehead atoms. The lowest BCUT2D eigenvalue weighted by atomic mass is 10.1. The Bertz CT molecular complexity index is 905. The van der Waals surface area contributed by atoms with Crippen LogP contribution in [0.15, 0.2) is 48.5 Å². The van der Waals surface area contributed by atoms with Crippen molar-refractivity contribution in [2.75, 3.05) is 53.6 Å². The second kappa shape index (κ2) is 11.5. The molecule has 180 valence electrons. The van der Waals surface area contributed by atoms with E-state index in [1.807, 2.05) is 24.3 Å². The molecule has 3 rings (SSSR count). The molecule has 1 fully saturated rings. The molecule has 1 unspecified atom stereocenters. The summed E-state index contributed by atoms with van der Waals surface area (Å²) in [5.41, 5.74) is 0.277. The van der Waals surface area contributed by atoms with Crippen molar-refractivity contribution in [3.05, 3.63) is 65.2 Å². The number of ether oxygens (including phenoxy) is 3. The number of alkyl halides is 3. The van der Waals surface area contributed by atoms with Gasteiger partial charge in [0.15, 0.2) is 0 Å². The summed E-state index contributed by atoms with van der Waals surface area (Å²) >= 11 is 0. The van der Waals surface area contributed by atoms with Crippen molar-refractivity contribution in [2.45, 2.75) is 18.8 Å². The van der Waals surface area contributed by atoms with E-state index >= 15 is 0 Å². The fourth-order valence-electron chi connectivity index (χ4n) is 3.76. The zero-order valence-corrected chi connectivity index (χ0v) is 18.8. The highest BCUT2D eigenvalue weighted by atomic mass is 19.4. The maximum Gasteiger partial charge on any atom is 0.416 e. The van der Waals surface area contributed by atoms with Crippen LogP contribution < -0.4 is 4.74 Å². The molecule has 1 aliphatic heterocycles. The first-order valence-electron chi connectivity index (χ1n) is 10.7. The van der Waals surface area contributed by atoms with Crippen molar-refractivity contribution in [2.24, 2.45) is 0 Å². The van der Waals surface area contributed by atoms with E-state index in [0.29, 0.717) is 13.2 Å². The molecular formula is C24H29F3N2O4. The topological polar surface area (TPSA) is 51.2 Å². The number of rotatable bonds is 9. The third-order valence-electron chi connectivity index (χ3n) is 5.50. The Kier molecular flexibility index (Phi) is 8.71. The molecule has 1 atom stereocenters. The summed E-state index contributed by atoms with van der Waals surface area (Å²) in [6, 6.07) is 12.3. The number of morpholine rings is 1. The Labute approximate surface area is 191 Å². The van der Waals surface area contributed by atoms with E-state index in [2.05, 4.69) is 4.90 Å². The number of carbonyl (C=O) groups excluding carboxylic acids is 1. The lowest BCUT2D eigenvalue weighted by molar-refractivity contribution is -0.137. The molecule has 0 saturated carbocycles. The summed E-state index contributed by atoms with van der Waals surface area (Å²) < 4.78 is 55.5. The van der Waals surface area contributed by atoms with Crippen LogP contribution in [0, 0.1) is 0 Å². The minimum Gasteiger partial charge on any atom is -0.497 e. The van der Waals surface area contributed by atoms with E-state index in [-0.39, 0.29) is 31.4 Å². The van der Waals surface area contributed by atoms with Crippen LogP contribution >= 0.6 is 0 Å². The Morgan fingerprint density at radius 3 is 2.61 bits per heavy atom. The molecular weight excluding hydrogens is 437 g/mol. The number of amides is 1. The Morgan fingerprint density at radius 2 is 1.94 bits per heavy atom. The van der Waals surface area contributed by atoms with Gasteiger partial charge in [0.2, 0.25) is 0 Å². The summed E-state index contributed by atoms with van der Waals surface area (Å²) in [6.45, 7) is 3.38. The van der Waals surface area contributed by atoms with Crippen LogP contribution in [0.1, 0.15) is 21.5 Å². The molecule has 0 N–H and O–H groups in total. The first kappa shape index (κ1) is 25.0. The van der Waals surface area contributed by atoms with Crippen LogP contribution in [0.5, 0.6) is 5.75 Å². The minimum absolute atomic E-state index is 0.00757. The molecule has 1 amide bonds. The van der Waals surface area contributed by atoms with Crippen molar-refractivity contribution in [1.82, 2.24) is 9.80 Å². The van der Waals surface area contributed by atoms with Crippen LogP contribution in [0.4, 0.5) is 13.2 Å². The maximum atomic E-state index is 13.1. The van der Waals surface area contributed by atoms with Crippen LogP contribution in [0.2, 0.25) is 0 Å². The van der Waals surface area contributed by atoms with Crippen molar-refractivity contribution >= 4 is 5.91 Å². The SMILES string of the molecule is COCCN(CC1CN(Cc2ccc(OC)cc2)CCO1)C(=O)c1cccc(C(F)(F)F)c1. The third kappa shape index (κ3) is 7.18. The summed E-state index contributed by atoms with van der Waals surface area (Å²) in [5.74, 6) is 0.314. The number of nitrogens with zero attached hydrogens (tertiary/aromatic N) is 2. The van der Waals surface area contributed by atoms with Gasteiger partial charge in [-0.15, -0.1) is 0 Å². The van der Waals surface area contributed by atoms with E-state index in [0.717, 1.165) is 36.5 Å². The molecule has 2 aromatic rings. The highest BCUT2D eigenvalue weighted by Gasteiger charge is 2.32. The van der Waals surface area contributed by atoms with Crippen LogP contribution in [-0.2, 0) is 22.2 Å². The van der Waals surface area contributed by atoms with E-state index in [1.165, 1.54) is 24.1 Å². The smallest absolute Gasteiger partial charge is 0.416 e. The third-order valence-corrected chi connectivity index (χ3v) is 5.50. The monoisotopic (exact) mass is 466 g/mol. The number of methoxy groups -OCH3 is 2. The summed E-state index contributed by atoms with van der Waals surface area (Å²) in [5, 5.41) is 0. The van der Waals surface area contributed by atoms with Gasteiger partial charge in [0.1, 0.15) is 5.75 Å².